The van der Waals surface area contributed by atoms with Crippen LogP contribution in [-0.4, -0.2) is 68.4 Å². The Hall–Kier alpha value is -4.84. The highest BCUT2D eigenvalue weighted by Gasteiger charge is 2.27. The van der Waals surface area contributed by atoms with Gasteiger partial charge in [0.1, 0.15) is 17.2 Å². The molecule has 0 saturated carbocycles. The number of nitrogens with zero attached hydrogens (tertiary/aromatic N) is 6. The number of thiazole rings is 1. The van der Waals surface area contributed by atoms with E-state index in [4.69, 9.17) is 14.8 Å². The quantitative estimate of drug-likeness (QED) is 0.251. The minimum atomic E-state index is -0.901. The zero-order valence-electron chi connectivity index (χ0n) is 24.6. The first-order valence-electron chi connectivity index (χ1n) is 14.3. The van der Waals surface area contributed by atoms with Crippen LogP contribution in [0, 0.1) is 5.82 Å². The summed E-state index contributed by atoms with van der Waals surface area (Å²) >= 11 is 1.30. The maximum Gasteiger partial charge on any atom is 0.410 e. The van der Waals surface area contributed by atoms with Gasteiger partial charge in [-0.25, -0.2) is 19.2 Å². The number of carbonyl (C=O) groups is 2. The van der Waals surface area contributed by atoms with E-state index in [-0.39, 0.29) is 12.0 Å². The van der Waals surface area contributed by atoms with E-state index >= 15 is 0 Å². The summed E-state index contributed by atoms with van der Waals surface area (Å²) in [5.41, 5.74) is 2.48. The molecule has 1 N–H and O–H groups in total. The van der Waals surface area contributed by atoms with Gasteiger partial charge in [-0.3, -0.25) is 14.8 Å². The smallest absolute Gasteiger partial charge is 0.410 e. The number of ether oxygens (including phenoxy) is 1. The van der Waals surface area contributed by atoms with Crippen molar-refractivity contribution in [1.29, 1.82) is 0 Å². The van der Waals surface area contributed by atoms with Gasteiger partial charge in [-0.15, -0.1) is 11.3 Å². The van der Waals surface area contributed by atoms with Gasteiger partial charge in [0, 0.05) is 61.1 Å². The highest BCUT2D eigenvalue weighted by Crippen LogP contribution is 2.28. The number of rotatable bonds is 6. The van der Waals surface area contributed by atoms with Crippen molar-refractivity contribution in [2.45, 2.75) is 32.4 Å². The summed E-state index contributed by atoms with van der Waals surface area (Å²) in [6.45, 7) is 8.05. The second-order valence-electron chi connectivity index (χ2n) is 11.5. The van der Waals surface area contributed by atoms with Crippen molar-refractivity contribution in [3.8, 4) is 11.1 Å². The Labute approximate surface area is 258 Å². The zero-order chi connectivity index (χ0) is 30.8. The van der Waals surface area contributed by atoms with Crippen molar-refractivity contribution in [3.63, 3.8) is 0 Å². The van der Waals surface area contributed by atoms with Gasteiger partial charge < -0.3 is 14.5 Å². The maximum absolute atomic E-state index is 14.2. The molecule has 0 aliphatic carbocycles. The van der Waals surface area contributed by atoms with Crippen molar-refractivity contribution in [2.75, 3.05) is 36.4 Å². The zero-order valence-corrected chi connectivity index (χ0v) is 25.4. The van der Waals surface area contributed by atoms with Crippen molar-refractivity contribution >= 4 is 45.2 Å². The predicted octanol–water partition coefficient (Wildman–Crippen LogP) is 5.98. The largest absolute Gasteiger partial charge is 0.444 e. The van der Waals surface area contributed by atoms with Gasteiger partial charge in [0.2, 0.25) is 0 Å². The molecule has 0 radical (unpaired) electrons. The Morgan fingerprint density at radius 1 is 1.00 bits per heavy atom. The van der Waals surface area contributed by atoms with Gasteiger partial charge in [0.25, 0.3) is 5.91 Å². The van der Waals surface area contributed by atoms with Crippen molar-refractivity contribution in [3.05, 3.63) is 89.9 Å². The van der Waals surface area contributed by atoms with E-state index in [2.05, 4.69) is 15.2 Å². The van der Waals surface area contributed by atoms with Crippen molar-refractivity contribution < 1.29 is 18.7 Å². The van der Waals surface area contributed by atoms with E-state index in [0.717, 1.165) is 22.3 Å². The van der Waals surface area contributed by atoms with Gasteiger partial charge in [0.15, 0.2) is 11.2 Å². The van der Waals surface area contributed by atoms with Crippen LogP contribution < -0.4 is 10.2 Å². The first kappa shape index (κ1) is 29.2. The van der Waals surface area contributed by atoms with Crippen LogP contribution in [0.4, 0.5) is 20.1 Å². The lowest BCUT2D eigenvalue weighted by Gasteiger charge is -2.36. The number of nitrogens with one attached hydrogen (secondary N) is 1. The van der Waals surface area contributed by atoms with Gasteiger partial charge in [0.05, 0.1) is 5.52 Å². The Balaban J connectivity index is 1.19. The number of anilines is 2. The molecule has 1 saturated heterocycles. The molecule has 1 unspecified atom stereocenters. The number of hydrogen-bond donors (Lipinski definition) is 1. The van der Waals surface area contributed by atoms with Crippen LogP contribution in [0.5, 0.6) is 0 Å². The molecule has 5 aromatic rings. The molecule has 1 aliphatic heterocycles. The molecule has 6 rings (SSSR count). The molecule has 226 valence electrons. The summed E-state index contributed by atoms with van der Waals surface area (Å²) in [6.07, 6.45) is 4.93. The first-order valence-corrected chi connectivity index (χ1v) is 15.1. The molecule has 1 fully saturated rings. The topological polar surface area (TPSA) is 105 Å². The lowest BCUT2D eigenvalue weighted by Crippen LogP contribution is -2.50. The fourth-order valence-corrected chi connectivity index (χ4v) is 5.63. The molecule has 3 aromatic heterocycles. The minimum absolute atomic E-state index is 0.291. The third kappa shape index (κ3) is 6.55. The van der Waals surface area contributed by atoms with E-state index in [9.17, 15) is 14.0 Å². The number of piperazine rings is 1. The third-order valence-electron chi connectivity index (χ3n) is 7.20. The molecule has 1 aliphatic rings. The molecular weight excluding hydrogens is 581 g/mol. The summed E-state index contributed by atoms with van der Waals surface area (Å²) < 4.78 is 21.2. The number of benzene rings is 2. The molecular formula is C32H32FN7O3S. The number of aromatic nitrogens is 4. The normalized spacial score (nSPS) is 14.5. The Kier molecular flexibility index (Phi) is 8.00. The molecule has 2 aromatic carbocycles. The molecule has 0 bridgehead atoms. The lowest BCUT2D eigenvalue weighted by atomic mass is 10.1. The van der Waals surface area contributed by atoms with Crippen LogP contribution in [0.15, 0.2) is 78.6 Å². The molecule has 4 heterocycles. The van der Waals surface area contributed by atoms with E-state index in [1.54, 1.807) is 39.5 Å². The number of fused-ring (bicyclic) bond motifs is 1. The summed E-state index contributed by atoms with van der Waals surface area (Å²) in [7, 11) is 0. The van der Waals surface area contributed by atoms with Crippen molar-refractivity contribution in [2.24, 2.45) is 0 Å². The number of pyridine rings is 1. The monoisotopic (exact) mass is 613 g/mol. The number of hydrogen-bond acceptors (Lipinski definition) is 8. The second-order valence-corrected chi connectivity index (χ2v) is 12.4. The summed E-state index contributed by atoms with van der Waals surface area (Å²) in [4.78, 5) is 38.5. The average molecular weight is 614 g/mol. The highest BCUT2D eigenvalue weighted by molar-refractivity contribution is 7.13. The van der Waals surface area contributed by atoms with Crippen molar-refractivity contribution in [1.82, 2.24) is 24.6 Å². The fraction of sp³-hybridized carbons (Fsp3) is 0.281. The predicted molar refractivity (Wildman–Crippen MR) is 168 cm³/mol. The maximum atomic E-state index is 14.2. The van der Waals surface area contributed by atoms with Gasteiger partial charge in [-0.2, -0.15) is 5.10 Å². The molecule has 12 heteroatoms. The number of carbonyl (C=O) groups excluding carboxylic acids is 2. The summed E-state index contributed by atoms with van der Waals surface area (Å²) in [5.74, 6) is 0.0341. The molecule has 0 spiro atoms. The van der Waals surface area contributed by atoms with Crippen LogP contribution in [-0.2, 0) is 9.53 Å². The standard InChI is InChI=1S/C32H32FN7O3S/c1-32(2,3)43-31(42)39-14-12-38(13-15-39)27-10-9-23(19-35-27)21-7-8-24-20-40(37-26(24)18-21)28(22-5-4-6-25(33)17-22)29(41)36-30-34-11-16-44-30/h4-11,16-20,28H,12-15H2,1-3H3,(H,34,36,41). The summed E-state index contributed by atoms with van der Waals surface area (Å²) in [6, 6.07) is 14.9. The van der Waals surface area contributed by atoms with Gasteiger partial charge in [-0.1, -0.05) is 24.3 Å². The summed E-state index contributed by atoms with van der Waals surface area (Å²) in [5, 5.41) is 10.6. The molecule has 10 nitrogen and oxygen atoms in total. The van der Waals surface area contributed by atoms with Crippen LogP contribution in [0.25, 0.3) is 22.0 Å². The minimum Gasteiger partial charge on any atom is -0.444 e. The number of amides is 2. The van der Waals surface area contributed by atoms with Crippen LogP contribution >= 0.6 is 11.3 Å². The lowest BCUT2D eigenvalue weighted by molar-refractivity contribution is -0.118. The third-order valence-corrected chi connectivity index (χ3v) is 7.89. The SMILES string of the molecule is CC(C)(C)OC(=O)N1CCN(c2ccc(-c3ccc4cn(C(C(=O)Nc5nccs5)c5cccc(F)c5)nc4c3)cn2)CC1. The highest BCUT2D eigenvalue weighted by atomic mass is 32.1. The van der Waals surface area contributed by atoms with Crippen LogP contribution in [0.3, 0.4) is 0 Å². The average Bonchev–Trinajstić information content (AvgIpc) is 3.66. The van der Waals surface area contributed by atoms with Crippen LogP contribution in [0.1, 0.15) is 32.4 Å². The second kappa shape index (κ2) is 12.0. The Morgan fingerprint density at radius 2 is 1.80 bits per heavy atom. The molecule has 1 atom stereocenters. The molecule has 2 amide bonds. The Bertz CT molecular complexity index is 1780. The van der Waals surface area contributed by atoms with E-state index in [1.807, 2.05) is 57.3 Å². The number of halogens is 1. The van der Waals surface area contributed by atoms with E-state index in [1.165, 1.54) is 23.5 Å². The van der Waals surface area contributed by atoms with Crippen LogP contribution in [0.2, 0.25) is 0 Å². The van der Waals surface area contributed by atoms with Gasteiger partial charge >= 0.3 is 6.09 Å². The fourth-order valence-electron chi connectivity index (χ4n) is 5.10. The van der Waals surface area contributed by atoms with E-state index in [0.29, 0.717) is 42.4 Å². The first-order chi connectivity index (χ1) is 21.1. The van der Waals surface area contributed by atoms with E-state index < -0.39 is 17.5 Å². The van der Waals surface area contributed by atoms with Gasteiger partial charge in [-0.05, 0) is 62.2 Å². The Morgan fingerprint density at radius 3 is 2.48 bits per heavy atom. The molecule has 44 heavy (non-hydrogen) atoms.